The third-order valence-corrected chi connectivity index (χ3v) is 4.34. The van der Waals surface area contributed by atoms with Gasteiger partial charge in [-0.05, 0) is 45.2 Å². The van der Waals surface area contributed by atoms with E-state index in [0.29, 0.717) is 7.16 Å². The molecular formula is C7H3I2NO2. The SMILES string of the molecule is C#CCN1C(=O)C(I)=C(I)C1=O. The molecule has 0 bridgehead atoms. The van der Waals surface area contributed by atoms with E-state index in [4.69, 9.17) is 6.42 Å². The summed E-state index contributed by atoms with van der Waals surface area (Å²) in [6.07, 6.45) is 5.00. The number of hydrogen-bond donors (Lipinski definition) is 0. The molecule has 2 amide bonds. The smallest absolute Gasteiger partial charge is 0.268 e. The summed E-state index contributed by atoms with van der Waals surface area (Å²) in [5, 5.41) is 0. The lowest BCUT2D eigenvalue weighted by molar-refractivity contribution is -0.136. The van der Waals surface area contributed by atoms with E-state index in [1.807, 2.05) is 45.2 Å². The summed E-state index contributed by atoms with van der Waals surface area (Å²) in [4.78, 5) is 23.6. The first-order valence-corrected chi connectivity index (χ1v) is 5.10. The van der Waals surface area contributed by atoms with E-state index in [1.54, 1.807) is 0 Å². The van der Waals surface area contributed by atoms with Crippen molar-refractivity contribution in [1.29, 1.82) is 0 Å². The van der Waals surface area contributed by atoms with Crippen molar-refractivity contribution in [2.45, 2.75) is 0 Å². The van der Waals surface area contributed by atoms with E-state index in [0.717, 1.165) is 4.90 Å². The van der Waals surface area contributed by atoms with Crippen LogP contribution in [-0.4, -0.2) is 23.3 Å². The summed E-state index contributed by atoms with van der Waals surface area (Å²) >= 11 is 3.69. The largest absolute Gasteiger partial charge is 0.269 e. The predicted molar refractivity (Wildman–Crippen MR) is 60.6 cm³/mol. The van der Waals surface area contributed by atoms with E-state index in [-0.39, 0.29) is 18.4 Å². The maximum absolute atomic E-state index is 11.3. The van der Waals surface area contributed by atoms with Gasteiger partial charge in [0.25, 0.3) is 11.8 Å². The highest BCUT2D eigenvalue weighted by Crippen LogP contribution is 2.29. The van der Waals surface area contributed by atoms with Crippen molar-refractivity contribution in [2.75, 3.05) is 6.54 Å². The molecule has 0 aromatic rings. The number of nitrogens with zero attached hydrogens (tertiary/aromatic N) is 1. The highest BCUT2D eigenvalue weighted by molar-refractivity contribution is 14.1. The van der Waals surface area contributed by atoms with Gasteiger partial charge in [0.1, 0.15) is 0 Å². The number of rotatable bonds is 1. The standard InChI is InChI=1S/C7H3I2NO2/c1-2-3-10-6(11)4(8)5(9)7(10)12/h1H,3H2. The molecule has 1 rings (SSSR count). The molecule has 0 spiro atoms. The zero-order chi connectivity index (χ0) is 9.30. The number of hydrogen-bond acceptors (Lipinski definition) is 2. The Labute approximate surface area is 96.8 Å². The maximum atomic E-state index is 11.3. The van der Waals surface area contributed by atoms with Crippen LogP contribution in [0.1, 0.15) is 0 Å². The van der Waals surface area contributed by atoms with Gasteiger partial charge in [0, 0.05) is 0 Å². The normalized spacial score (nSPS) is 17.2. The van der Waals surface area contributed by atoms with Crippen LogP contribution in [0.5, 0.6) is 0 Å². The van der Waals surface area contributed by atoms with Crippen molar-refractivity contribution >= 4 is 57.0 Å². The summed E-state index contributed by atoms with van der Waals surface area (Å²) in [7, 11) is 0. The molecular weight excluding hydrogens is 384 g/mol. The fourth-order valence-corrected chi connectivity index (χ4v) is 1.80. The number of carbonyl (C=O) groups is 2. The number of carbonyl (C=O) groups excluding carboxylic acids is 2. The molecule has 5 heteroatoms. The maximum Gasteiger partial charge on any atom is 0.269 e. The van der Waals surface area contributed by atoms with Crippen molar-refractivity contribution in [3.8, 4) is 12.3 Å². The number of halogens is 2. The molecule has 0 saturated heterocycles. The van der Waals surface area contributed by atoms with Crippen LogP contribution in [0.15, 0.2) is 7.16 Å². The second-order valence-corrected chi connectivity index (χ2v) is 4.19. The molecule has 1 aliphatic heterocycles. The summed E-state index contributed by atoms with van der Waals surface area (Å²) < 4.78 is 0.905. The van der Waals surface area contributed by atoms with Gasteiger partial charge in [-0.1, -0.05) is 5.92 Å². The third-order valence-electron chi connectivity index (χ3n) is 1.31. The van der Waals surface area contributed by atoms with Crippen LogP contribution in [0.4, 0.5) is 0 Å². The van der Waals surface area contributed by atoms with Crippen LogP contribution in [0.3, 0.4) is 0 Å². The molecule has 0 radical (unpaired) electrons. The molecule has 0 atom stereocenters. The van der Waals surface area contributed by atoms with Crippen LogP contribution in [0, 0.1) is 12.3 Å². The Balaban J connectivity index is 2.97. The van der Waals surface area contributed by atoms with Gasteiger partial charge in [0.05, 0.1) is 13.7 Å². The highest BCUT2D eigenvalue weighted by atomic mass is 127. The average molecular weight is 387 g/mol. The summed E-state index contributed by atoms with van der Waals surface area (Å²) in [6, 6.07) is 0. The van der Waals surface area contributed by atoms with Crippen molar-refractivity contribution in [3.63, 3.8) is 0 Å². The molecule has 3 nitrogen and oxygen atoms in total. The Kier molecular flexibility index (Phi) is 3.11. The molecule has 1 aliphatic rings. The zero-order valence-electron chi connectivity index (χ0n) is 5.80. The van der Waals surface area contributed by atoms with Gasteiger partial charge in [-0.2, -0.15) is 0 Å². The first-order chi connectivity index (χ1) is 5.59. The van der Waals surface area contributed by atoms with Gasteiger partial charge in [0.2, 0.25) is 0 Å². The zero-order valence-corrected chi connectivity index (χ0v) is 10.1. The van der Waals surface area contributed by atoms with E-state index >= 15 is 0 Å². The molecule has 0 N–H and O–H groups in total. The Hall–Kier alpha value is -0.100. The topological polar surface area (TPSA) is 37.4 Å². The molecule has 0 saturated carbocycles. The second kappa shape index (κ2) is 3.74. The van der Waals surface area contributed by atoms with E-state index < -0.39 is 0 Å². The summed E-state index contributed by atoms with van der Waals surface area (Å²) in [5.74, 6) is 1.68. The predicted octanol–water partition coefficient (Wildman–Crippen LogP) is 1.07. The molecule has 62 valence electrons. The molecule has 0 aromatic carbocycles. The minimum absolute atomic E-state index is 0.0523. The van der Waals surface area contributed by atoms with Gasteiger partial charge < -0.3 is 0 Å². The highest BCUT2D eigenvalue weighted by Gasteiger charge is 2.34. The van der Waals surface area contributed by atoms with Crippen LogP contribution in [0.25, 0.3) is 0 Å². The Bertz CT molecular complexity index is 303. The fraction of sp³-hybridized carbons (Fsp3) is 0.143. The number of amides is 2. The second-order valence-electron chi connectivity index (χ2n) is 2.03. The number of imide groups is 1. The van der Waals surface area contributed by atoms with Gasteiger partial charge in [-0.3, -0.25) is 14.5 Å². The lowest BCUT2D eigenvalue weighted by Gasteiger charge is -2.08. The molecule has 0 aliphatic carbocycles. The van der Waals surface area contributed by atoms with Crippen molar-refractivity contribution in [1.82, 2.24) is 4.90 Å². The van der Waals surface area contributed by atoms with Gasteiger partial charge >= 0.3 is 0 Å². The lowest BCUT2D eigenvalue weighted by atomic mass is 10.5. The minimum Gasteiger partial charge on any atom is -0.268 e. The van der Waals surface area contributed by atoms with E-state index in [1.165, 1.54) is 0 Å². The molecule has 0 fully saturated rings. The van der Waals surface area contributed by atoms with Crippen LogP contribution >= 0.6 is 45.2 Å². The monoisotopic (exact) mass is 387 g/mol. The molecule has 12 heavy (non-hydrogen) atoms. The van der Waals surface area contributed by atoms with Crippen LogP contribution in [-0.2, 0) is 9.59 Å². The Morgan fingerprint density at radius 3 is 2.00 bits per heavy atom. The van der Waals surface area contributed by atoms with Gasteiger partial charge in [-0.15, -0.1) is 6.42 Å². The number of terminal acetylenes is 1. The quantitative estimate of drug-likeness (QED) is 0.384. The molecule has 1 heterocycles. The average Bonchev–Trinajstić information content (AvgIpc) is 2.23. The van der Waals surface area contributed by atoms with Crippen LogP contribution in [0.2, 0.25) is 0 Å². The minimum atomic E-state index is -0.289. The van der Waals surface area contributed by atoms with Crippen LogP contribution < -0.4 is 0 Å². The Morgan fingerprint density at radius 1 is 1.25 bits per heavy atom. The first-order valence-electron chi connectivity index (χ1n) is 2.94. The van der Waals surface area contributed by atoms with E-state index in [9.17, 15) is 9.59 Å². The molecule has 0 aromatic heterocycles. The van der Waals surface area contributed by atoms with Crippen molar-refractivity contribution in [3.05, 3.63) is 7.16 Å². The van der Waals surface area contributed by atoms with Crippen molar-refractivity contribution in [2.24, 2.45) is 0 Å². The Morgan fingerprint density at radius 2 is 1.67 bits per heavy atom. The lowest BCUT2D eigenvalue weighted by Crippen LogP contribution is -2.31. The van der Waals surface area contributed by atoms with Gasteiger partial charge in [-0.25, -0.2) is 0 Å². The van der Waals surface area contributed by atoms with Gasteiger partial charge in [0.15, 0.2) is 0 Å². The fourth-order valence-electron chi connectivity index (χ4n) is 0.752. The summed E-state index contributed by atoms with van der Waals surface area (Å²) in [5.41, 5.74) is 0. The molecule has 0 unspecified atom stereocenters. The first kappa shape index (κ1) is 9.98. The third kappa shape index (κ3) is 1.50. The van der Waals surface area contributed by atoms with E-state index in [2.05, 4.69) is 5.92 Å². The summed E-state index contributed by atoms with van der Waals surface area (Å²) in [6.45, 7) is 0.0523. The van der Waals surface area contributed by atoms with Crippen molar-refractivity contribution < 1.29 is 9.59 Å².